The molecule has 0 amide bonds. The molecule has 2 saturated heterocycles. The van der Waals surface area contributed by atoms with E-state index < -0.39 is 8.07 Å². The van der Waals surface area contributed by atoms with Crippen LogP contribution < -0.4 is 0 Å². The van der Waals surface area contributed by atoms with E-state index in [4.69, 9.17) is 9.64 Å². The highest BCUT2D eigenvalue weighted by Crippen LogP contribution is 2.55. The number of aromatic nitrogens is 1. The van der Waals surface area contributed by atoms with Crippen LogP contribution in [0.5, 0.6) is 0 Å². The van der Waals surface area contributed by atoms with Crippen molar-refractivity contribution in [3.05, 3.63) is 42.7 Å². The summed E-state index contributed by atoms with van der Waals surface area (Å²) < 4.78 is 7.03. The molecule has 2 unspecified atom stereocenters. The van der Waals surface area contributed by atoms with Crippen molar-refractivity contribution in [1.29, 1.82) is 0 Å². The molecular weight excluding hydrogens is 321 g/mol. The lowest BCUT2D eigenvalue weighted by atomic mass is 9.38. The quantitative estimate of drug-likeness (QED) is 0.428. The molecule has 0 radical (unpaired) electrons. The van der Waals surface area contributed by atoms with Gasteiger partial charge in [-0.05, 0) is 23.8 Å². The van der Waals surface area contributed by atoms with Crippen molar-refractivity contribution >= 4 is 15.0 Å². The number of hydrogen-bond acceptors (Lipinski definition) is 2. The third-order valence-corrected chi connectivity index (χ3v) is 10.8. The standard InChI is InChI=1S/C21H34BNOSi/c1-6-21(2,25(3,4)5)20(19-15-7-8-16-23-19)24-22-17-11-9-12-18(22)14-10-13-17/h6-8,15-18,20H,1,9-14H2,2-5H3. The minimum Gasteiger partial charge on any atom is -0.427 e. The van der Waals surface area contributed by atoms with Gasteiger partial charge in [0.25, 0.3) is 6.92 Å². The van der Waals surface area contributed by atoms with Gasteiger partial charge in [-0.3, -0.25) is 4.98 Å². The van der Waals surface area contributed by atoms with Crippen LogP contribution in [0.4, 0.5) is 0 Å². The van der Waals surface area contributed by atoms with Gasteiger partial charge in [-0.2, -0.15) is 0 Å². The Bertz CT molecular complexity index is 565. The Labute approximate surface area is 155 Å². The van der Waals surface area contributed by atoms with Crippen LogP contribution in [0.25, 0.3) is 0 Å². The molecule has 2 aliphatic rings. The molecule has 0 aliphatic carbocycles. The lowest BCUT2D eigenvalue weighted by Crippen LogP contribution is -2.46. The summed E-state index contributed by atoms with van der Waals surface area (Å²) >= 11 is 0. The Morgan fingerprint density at radius 2 is 1.80 bits per heavy atom. The first-order valence-electron chi connectivity index (χ1n) is 10.1. The molecule has 0 saturated carbocycles. The largest absolute Gasteiger partial charge is 0.427 e. The molecule has 0 N–H and O–H groups in total. The van der Waals surface area contributed by atoms with E-state index in [-0.39, 0.29) is 11.1 Å². The molecular formula is C21H34BNOSi. The normalized spacial score (nSPS) is 27.4. The molecule has 2 bridgehead atoms. The van der Waals surface area contributed by atoms with Crippen LogP contribution in [-0.2, 0) is 4.65 Å². The monoisotopic (exact) mass is 355 g/mol. The Balaban J connectivity index is 1.96. The minimum atomic E-state index is -1.56. The lowest BCUT2D eigenvalue weighted by molar-refractivity contribution is 0.145. The van der Waals surface area contributed by atoms with E-state index in [2.05, 4.69) is 51.4 Å². The predicted molar refractivity (Wildman–Crippen MR) is 111 cm³/mol. The van der Waals surface area contributed by atoms with Gasteiger partial charge in [0.05, 0.1) is 19.9 Å². The Morgan fingerprint density at radius 1 is 1.20 bits per heavy atom. The molecule has 1 aromatic rings. The highest BCUT2D eigenvalue weighted by Gasteiger charge is 2.49. The minimum absolute atomic E-state index is 0.0177. The van der Waals surface area contributed by atoms with Crippen LogP contribution in [0.2, 0.25) is 36.3 Å². The highest BCUT2D eigenvalue weighted by atomic mass is 28.3. The second-order valence-corrected chi connectivity index (χ2v) is 14.9. The second-order valence-electron chi connectivity index (χ2n) is 9.35. The third-order valence-electron chi connectivity index (χ3n) is 7.06. The van der Waals surface area contributed by atoms with Gasteiger partial charge in [0.15, 0.2) is 0 Å². The molecule has 3 rings (SSSR count). The summed E-state index contributed by atoms with van der Waals surface area (Å²) in [6.07, 6.45) is 12.2. The van der Waals surface area contributed by atoms with Gasteiger partial charge >= 0.3 is 0 Å². The predicted octanol–water partition coefficient (Wildman–Crippen LogP) is 6.52. The Hall–Kier alpha value is -0.868. The van der Waals surface area contributed by atoms with E-state index >= 15 is 0 Å². The van der Waals surface area contributed by atoms with Gasteiger partial charge in [0.1, 0.15) is 0 Å². The van der Waals surface area contributed by atoms with Crippen LogP contribution >= 0.6 is 0 Å². The van der Waals surface area contributed by atoms with Crippen molar-refractivity contribution in [1.82, 2.24) is 4.98 Å². The molecule has 0 spiro atoms. The summed E-state index contributed by atoms with van der Waals surface area (Å²) in [5.74, 6) is 1.49. The van der Waals surface area contributed by atoms with Crippen LogP contribution in [-0.4, -0.2) is 20.0 Å². The summed E-state index contributed by atoms with van der Waals surface area (Å²) in [5.41, 5.74) is 1.08. The van der Waals surface area contributed by atoms with Crippen molar-refractivity contribution in [2.24, 2.45) is 0 Å². The molecule has 2 aliphatic heterocycles. The van der Waals surface area contributed by atoms with E-state index in [1.807, 2.05) is 12.3 Å². The highest BCUT2D eigenvalue weighted by molar-refractivity contribution is 6.79. The zero-order chi connectivity index (χ0) is 18.1. The van der Waals surface area contributed by atoms with Gasteiger partial charge in [-0.15, -0.1) is 6.58 Å². The summed E-state index contributed by atoms with van der Waals surface area (Å²) in [7, 11) is -1.56. The van der Waals surface area contributed by atoms with E-state index in [0.717, 1.165) is 17.3 Å². The molecule has 1 aromatic heterocycles. The molecule has 2 nitrogen and oxygen atoms in total. The average molecular weight is 355 g/mol. The first kappa shape index (κ1) is 18.9. The van der Waals surface area contributed by atoms with Crippen molar-refractivity contribution in [3.63, 3.8) is 0 Å². The van der Waals surface area contributed by atoms with Crippen molar-refractivity contribution in [2.45, 2.75) is 87.9 Å². The van der Waals surface area contributed by atoms with E-state index in [1.54, 1.807) is 0 Å². The average Bonchev–Trinajstić information content (AvgIpc) is 2.58. The molecule has 2 fully saturated rings. The first-order chi connectivity index (χ1) is 11.9. The van der Waals surface area contributed by atoms with Gasteiger partial charge in [-0.25, -0.2) is 0 Å². The maximum absolute atomic E-state index is 7.03. The van der Waals surface area contributed by atoms with E-state index in [0.29, 0.717) is 6.92 Å². The summed E-state index contributed by atoms with van der Waals surface area (Å²) in [6.45, 7) is 14.3. The molecule has 0 aromatic carbocycles. The maximum Gasteiger partial charge on any atom is 0.300 e. The van der Waals surface area contributed by atoms with Crippen LogP contribution in [0.1, 0.15) is 57.2 Å². The van der Waals surface area contributed by atoms with Gasteiger partial charge < -0.3 is 4.65 Å². The number of pyridine rings is 1. The Morgan fingerprint density at radius 3 is 2.24 bits per heavy atom. The SMILES string of the molecule is C=CC(C)(C(OB1C2CCCC1CCC2)c1ccccn1)[Si](C)(C)C. The summed E-state index contributed by atoms with van der Waals surface area (Å²) in [4.78, 5) is 4.72. The fourth-order valence-corrected chi connectivity index (χ4v) is 6.47. The zero-order valence-corrected chi connectivity index (χ0v) is 17.5. The molecule has 136 valence electrons. The van der Waals surface area contributed by atoms with Crippen LogP contribution in [0.15, 0.2) is 37.1 Å². The second kappa shape index (κ2) is 7.40. The van der Waals surface area contributed by atoms with Gasteiger partial charge in [-0.1, -0.05) is 77.2 Å². The first-order valence-corrected chi connectivity index (χ1v) is 13.6. The summed E-state index contributed by atoms with van der Waals surface area (Å²) in [5, 5.41) is -0.0346. The van der Waals surface area contributed by atoms with Gasteiger partial charge in [0.2, 0.25) is 0 Å². The number of rotatable bonds is 6. The maximum atomic E-state index is 7.03. The Kier molecular flexibility index (Phi) is 5.60. The molecule has 2 atom stereocenters. The molecule has 4 heteroatoms. The molecule has 3 heterocycles. The topological polar surface area (TPSA) is 22.1 Å². The van der Waals surface area contributed by atoms with Crippen molar-refractivity contribution < 1.29 is 4.65 Å². The fraction of sp³-hybridized carbons (Fsp3) is 0.667. The van der Waals surface area contributed by atoms with Crippen LogP contribution in [0.3, 0.4) is 0 Å². The third kappa shape index (κ3) is 3.66. The lowest BCUT2D eigenvalue weighted by Gasteiger charge is -2.48. The number of nitrogens with zero attached hydrogens (tertiary/aromatic N) is 1. The zero-order valence-electron chi connectivity index (χ0n) is 16.5. The summed E-state index contributed by atoms with van der Waals surface area (Å²) in [6, 6.07) is 6.23. The van der Waals surface area contributed by atoms with E-state index in [9.17, 15) is 0 Å². The van der Waals surface area contributed by atoms with E-state index in [1.165, 1.54) is 38.5 Å². The van der Waals surface area contributed by atoms with Gasteiger partial charge in [0, 0.05) is 11.2 Å². The smallest absolute Gasteiger partial charge is 0.300 e. The number of hydrogen-bond donors (Lipinski definition) is 0. The number of fused-ring (bicyclic) bond motifs is 2. The van der Waals surface area contributed by atoms with Crippen LogP contribution in [0, 0.1) is 0 Å². The fourth-order valence-electron chi connectivity index (χ4n) is 4.85. The van der Waals surface area contributed by atoms with Crippen molar-refractivity contribution in [2.75, 3.05) is 0 Å². The molecule has 25 heavy (non-hydrogen) atoms. The van der Waals surface area contributed by atoms with Crippen molar-refractivity contribution in [3.8, 4) is 0 Å².